The Morgan fingerprint density at radius 3 is 2.16 bits per heavy atom. The number of nitrogens with one attached hydrogen (secondary N) is 1. The smallest absolute Gasteiger partial charge is 0.259 e. The molecule has 0 saturated heterocycles. The molecule has 5 nitrogen and oxygen atoms in total. The topological polar surface area (TPSA) is 67.8 Å². The molecule has 0 spiro atoms. The molecular formula is C14H21NO4. The van der Waals surface area contributed by atoms with Crippen LogP contribution >= 0.6 is 0 Å². The molecule has 0 fully saturated rings. The number of carbonyl (C=O) groups is 1. The Balaban J connectivity index is 3.04. The van der Waals surface area contributed by atoms with Crippen LogP contribution in [0.4, 0.5) is 0 Å². The van der Waals surface area contributed by atoms with Crippen molar-refractivity contribution in [2.24, 2.45) is 5.92 Å². The van der Waals surface area contributed by atoms with E-state index < -0.39 is 0 Å². The molecular weight excluding hydrogens is 246 g/mol. The Hall–Kier alpha value is -1.75. The number of carbonyl (C=O) groups excluding carboxylic acids is 1. The molecule has 0 aromatic heterocycles. The van der Waals surface area contributed by atoms with Crippen molar-refractivity contribution in [2.45, 2.75) is 19.9 Å². The van der Waals surface area contributed by atoms with E-state index in [2.05, 4.69) is 5.32 Å². The number of rotatable bonds is 6. The van der Waals surface area contributed by atoms with Crippen LogP contribution in [0.15, 0.2) is 18.2 Å². The second-order valence-corrected chi connectivity index (χ2v) is 4.54. The van der Waals surface area contributed by atoms with Gasteiger partial charge in [0.15, 0.2) is 0 Å². The third kappa shape index (κ3) is 3.61. The van der Waals surface area contributed by atoms with Crippen LogP contribution in [0.5, 0.6) is 11.5 Å². The summed E-state index contributed by atoms with van der Waals surface area (Å²) < 4.78 is 10.4. The quantitative estimate of drug-likeness (QED) is 0.818. The SMILES string of the molecule is COc1cccc(OC)c1C(=O)N[C@H](CO)C(C)C. The van der Waals surface area contributed by atoms with Crippen LogP contribution in [0.1, 0.15) is 24.2 Å². The van der Waals surface area contributed by atoms with E-state index in [1.54, 1.807) is 18.2 Å². The molecule has 106 valence electrons. The van der Waals surface area contributed by atoms with Crippen LogP contribution in [-0.4, -0.2) is 37.9 Å². The normalized spacial score (nSPS) is 12.1. The molecule has 5 heteroatoms. The molecule has 0 bridgehead atoms. The summed E-state index contributed by atoms with van der Waals surface area (Å²) in [6.07, 6.45) is 0. The highest BCUT2D eigenvalue weighted by molar-refractivity contribution is 5.99. The maximum absolute atomic E-state index is 12.3. The van der Waals surface area contributed by atoms with Gasteiger partial charge in [-0.2, -0.15) is 0 Å². The molecule has 0 radical (unpaired) electrons. The monoisotopic (exact) mass is 267 g/mol. The second kappa shape index (κ2) is 6.99. The molecule has 0 unspecified atom stereocenters. The maximum Gasteiger partial charge on any atom is 0.259 e. The lowest BCUT2D eigenvalue weighted by atomic mass is 10.0. The summed E-state index contributed by atoms with van der Waals surface area (Å²) in [5.41, 5.74) is 0.339. The molecule has 1 aromatic rings. The number of hydrogen-bond acceptors (Lipinski definition) is 4. The molecule has 0 aliphatic rings. The maximum atomic E-state index is 12.3. The average molecular weight is 267 g/mol. The van der Waals surface area contributed by atoms with Crippen molar-refractivity contribution in [3.05, 3.63) is 23.8 Å². The molecule has 1 amide bonds. The van der Waals surface area contributed by atoms with Gasteiger partial charge in [0.2, 0.25) is 0 Å². The van der Waals surface area contributed by atoms with E-state index >= 15 is 0 Å². The van der Waals surface area contributed by atoms with Gasteiger partial charge in [-0.05, 0) is 18.1 Å². The number of benzene rings is 1. The van der Waals surface area contributed by atoms with E-state index in [0.29, 0.717) is 17.1 Å². The summed E-state index contributed by atoms with van der Waals surface area (Å²) in [6.45, 7) is 3.75. The van der Waals surface area contributed by atoms with Gasteiger partial charge in [0.1, 0.15) is 17.1 Å². The van der Waals surface area contributed by atoms with Gasteiger partial charge in [-0.25, -0.2) is 0 Å². The van der Waals surface area contributed by atoms with Gasteiger partial charge >= 0.3 is 0 Å². The summed E-state index contributed by atoms with van der Waals surface area (Å²) in [5.74, 6) is 0.700. The molecule has 0 aliphatic heterocycles. The van der Waals surface area contributed by atoms with Crippen molar-refractivity contribution >= 4 is 5.91 Å². The van der Waals surface area contributed by atoms with Gasteiger partial charge in [-0.1, -0.05) is 19.9 Å². The highest BCUT2D eigenvalue weighted by Gasteiger charge is 2.22. The van der Waals surface area contributed by atoms with Crippen LogP contribution in [0, 0.1) is 5.92 Å². The number of amides is 1. The first kappa shape index (κ1) is 15.3. The molecule has 1 rings (SSSR count). The van der Waals surface area contributed by atoms with E-state index in [1.165, 1.54) is 14.2 Å². The Labute approximate surface area is 113 Å². The van der Waals surface area contributed by atoms with Crippen LogP contribution in [0.25, 0.3) is 0 Å². The van der Waals surface area contributed by atoms with Crippen molar-refractivity contribution in [1.29, 1.82) is 0 Å². The predicted octanol–water partition coefficient (Wildman–Crippen LogP) is 1.45. The Morgan fingerprint density at radius 2 is 1.79 bits per heavy atom. The van der Waals surface area contributed by atoms with E-state index in [1.807, 2.05) is 13.8 Å². The predicted molar refractivity (Wildman–Crippen MR) is 72.7 cm³/mol. The van der Waals surface area contributed by atoms with Crippen LogP contribution < -0.4 is 14.8 Å². The first-order valence-corrected chi connectivity index (χ1v) is 6.17. The highest BCUT2D eigenvalue weighted by atomic mass is 16.5. The number of methoxy groups -OCH3 is 2. The van der Waals surface area contributed by atoms with E-state index in [-0.39, 0.29) is 24.5 Å². The van der Waals surface area contributed by atoms with Gasteiger partial charge in [0.25, 0.3) is 5.91 Å². The molecule has 2 N–H and O–H groups in total. The third-order valence-electron chi connectivity index (χ3n) is 2.97. The zero-order valence-corrected chi connectivity index (χ0v) is 11.8. The van der Waals surface area contributed by atoms with E-state index in [0.717, 1.165) is 0 Å². The largest absolute Gasteiger partial charge is 0.496 e. The Morgan fingerprint density at radius 1 is 1.26 bits per heavy atom. The minimum absolute atomic E-state index is 0.110. The summed E-state index contributed by atoms with van der Waals surface area (Å²) >= 11 is 0. The number of aliphatic hydroxyl groups is 1. The van der Waals surface area contributed by atoms with Gasteiger partial charge in [0.05, 0.1) is 26.9 Å². The minimum atomic E-state index is -0.318. The number of aliphatic hydroxyl groups excluding tert-OH is 1. The van der Waals surface area contributed by atoms with Crippen molar-refractivity contribution in [1.82, 2.24) is 5.32 Å². The third-order valence-corrected chi connectivity index (χ3v) is 2.97. The molecule has 0 aliphatic carbocycles. The number of ether oxygens (including phenoxy) is 2. The van der Waals surface area contributed by atoms with Crippen molar-refractivity contribution in [2.75, 3.05) is 20.8 Å². The van der Waals surface area contributed by atoms with E-state index in [4.69, 9.17) is 9.47 Å². The van der Waals surface area contributed by atoms with Crippen molar-refractivity contribution < 1.29 is 19.4 Å². The Bertz CT molecular complexity index is 409. The van der Waals surface area contributed by atoms with Crippen molar-refractivity contribution in [3.63, 3.8) is 0 Å². The zero-order valence-electron chi connectivity index (χ0n) is 11.8. The van der Waals surface area contributed by atoms with Crippen molar-refractivity contribution in [3.8, 4) is 11.5 Å². The fourth-order valence-corrected chi connectivity index (χ4v) is 1.74. The van der Waals surface area contributed by atoms with Crippen LogP contribution in [0.3, 0.4) is 0 Å². The average Bonchev–Trinajstić information content (AvgIpc) is 2.42. The fraction of sp³-hybridized carbons (Fsp3) is 0.500. The minimum Gasteiger partial charge on any atom is -0.496 e. The molecule has 1 atom stereocenters. The molecule has 0 saturated carbocycles. The first-order valence-electron chi connectivity index (χ1n) is 6.17. The highest BCUT2D eigenvalue weighted by Crippen LogP contribution is 2.28. The van der Waals surface area contributed by atoms with Gasteiger partial charge in [-0.3, -0.25) is 4.79 Å². The van der Waals surface area contributed by atoms with Crippen LogP contribution in [0.2, 0.25) is 0 Å². The van der Waals surface area contributed by atoms with E-state index in [9.17, 15) is 9.90 Å². The first-order chi connectivity index (χ1) is 9.04. The summed E-state index contributed by atoms with van der Waals surface area (Å²) in [4.78, 5) is 12.3. The van der Waals surface area contributed by atoms with Gasteiger partial charge in [-0.15, -0.1) is 0 Å². The van der Waals surface area contributed by atoms with Gasteiger partial charge in [0, 0.05) is 0 Å². The second-order valence-electron chi connectivity index (χ2n) is 4.54. The summed E-state index contributed by atoms with van der Waals surface area (Å²) in [7, 11) is 3.00. The molecule has 19 heavy (non-hydrogen) atoms. The standard InChI is InChI=1S/C14H21NO4/c1-9(2)10(8-16)15-14(17)13-11(18-3)6-5-7-12(13)19-4/h5-7,9-10,16H,8H2,1-4H3,(H,15,17)/t10-/m1/s1. The molecule has 0 heterocycles. The lowest BCUT2D eigenvalue weighted by Crippen LogP contribution is -2.41. The zero-order chi connectivity index (χ0) is 14.4. The summed E-state index contributed by atoms with van der Waals surface area (Å²) in [5, 5.41) is 12.1. The lowest BCUT2D eigenvalue weighted by Gasteiger charge is -2.21. The lowest BCUT2D eigenvalue weighted by molar-refractivity contribution is 0.0890. The fourth-order valence-electron chi connectivity index (χ4n) is 1.74. The Kier molecular flexibility index (Phi) is 5.63. The van der Waals surface area contributed by atoms with Gasteiger partial charge < -0.3 is 19.9 Å². The summed E-state index contributed by atoms with van der Waals surface area (Å²) in [6, 6.07) is 4.84. The number of hydrogen-bond donors (Lipinski definition) is 2. The van der Waals surface area contributed by atoms with Crippen LogP contribution in [-0.2, 0) is 0 Å². The molecule has 1 aromatic carbocycles.